The Hall–Kier alpha value is -1.59. The number of hydrogen-bond donors (Lipinski definition) is 1. The molecule has 0 amide bonds. The maximum atomic E-state index is 5.26. The number of imidazole rings is 1. The predicted octanol–water partition coefficient (Wildman–Crippen LogP) is 2.87. The average molecular weight is 264 g/mol. The molecule has 4 nitrogen and oxygen atoms in total. The minimum atomic E-state index is 0.634. The highest BCUT2D eigenvalue weighted by atomic mass is 32.1. The van der Waals surface area contributed by atoms with Crippen LogP contribution in [0.15, 0.2) is 30.5 Å². The van der Waals surface area contributed by atoms with Crippen LogP contribution in [-0.4, -0.2) is 30.4 Å². The SMILES string of the molecule is COCCn1c(-c2ccc(OC)cc2)c[nH]c1=S. The first-order valence-electron chi connectivity index (χ1n) is 5.68. The molecule has 0 aliphatic heterocycles. The van der Waals surface area contributed by atoms with Gasteiger partial charge in [-0.15, -0.1) is 0 Å². The number of nitrogens with one attached hydrogen (secondary N) is 1. The maximum absolute atomic E-state index is 5.26. The summed E-state index contributed by atoms with van der Waals surface area (Å²) in [5, 5.41) is 0. The number of nitrogens with zero attached hydrogens (tertiary/aromatic N) is 1. The zero-order valence-electron chi connectivity index (χ0n) is 10.5. The fourth-order valence-corrected chi connectivity index (χ4v) is 2.05. The van der Waals surface area contributed by atoms with Crippen LogP contribution < -0.4 is 4.74 Å². The molecular formula is C13H16N2O2S. The first kappa shape index (κ1) is 12.9. The summed E-state index contributed by atoms with van der Waals surface area (Å²) < 4.78 is 13.0. The third-order valence-corrected chi connectivity index (χ3v) is 3.11. The number of hydrogen-bond acceptors (Lipinski definition) is 3. The lowest BCUT2D eigenvalue weighted by molar-refractivity contribution is 0.187. The minimum Gasteiger partial charge on any atom is -0.497 e. The Kier molecular flexibility index (Phi) is 4.17. The molecule has 0 fully saturated rings. The van der Waals surface area contributed by atoms with E-state index >= 15 is 0 Å². The van der Waals surface area contributed by atoms with Crippen molar-refractivity contribution in [2.45, 2.75) is 6.54 Å². The van der Waals surface area contributed by atoms with Crippen LogP contribution in [0.5, 0.6) is 5.75 Å². The molecule has 18 heavy (non-hydrogen) atoms. The Morgan fingerprint density at radius 3 is 2.56 bits per heavy atom. The number of benzene rings is 1. The number of aromatic amines is 1. The molecule has 0 saturated heterocycles. The van der Waals surface area contributed by atoms with Crippen molar-refractivity contribution in [2.24, 2.45) is 0 Å². The van der Waals surface area contributed by atoms with E-state index in [1.807, 2.05) is 35.0 Å². The third kappa shape index (κ3) is 2.63. The Bertz CT molecular complexity index is 557. The molecule has 5 heteroatoms. The topological polar surface area (TPSA) is 39.2 Å². The van der Waals surface area contributed by atoms with Crippen molar-refractivity contribution in [3.05, 3.63) is 35.2 Å². The van der Waals surface area contributed by atoms with Gasteiger partial charge in [0, 0.05) is 19.9 Å². The summed E-state index contributed by atoms with van der Waals surface area (Å²) in [5.41, 5.74) is 2.15. The highest BCUT2D eigenvalue weighted by molar-refractivity contribution is 7.71. The van der Waals surface area contributed by atoms with E-state index in [1.165, 1.54) is 0 Å². The van der Waals surface area contributed by atoms with Gasteiger partial charge in [0.05, 0.1) is 19.4 Å². The summed E-state index contributed by atoms with van der Waals surface area (Å²) in [6.45, 7) is 1.37. The molecule has 0 bridgehead atoms. The molecule has 0 spiro atoms. The molecule has 1 aromatic heterocycles. The van der Waals surface area contributed by atoms with Gasteiger partial charge in [-0.2, -0.15) is 0 Å². The normalized spacial score (nSPS) is 10.6. The van der Waals surface area contributed by atoms with Crippen LogP contribution in [0, 0.1) is 4.77 Å². The molecule has 2 aromatic rings. The van der Waals surface area contributed by atoms with Crippen LogP contribution in [-0.2, 0) is 11.3 Å². The fraction of sp³-hybridized carbons (Fsp3) is 0.308. The van der Waals surface area contributed by atoms with Gasteiger partial charge in [0.25, 0.3) is 0 Å². The summed E-state index contributed by atoms with van der Waals surface area (Å²) in [5.74, 6) is 0.844. The van der Waals surface area contributed by atoms with Gasteiger partial charge in [-0.3, -0.25) is 0 Å². The van der Waals surface area contributed by atoms with Gasteiger partial charge in [-0.05, 0) is 42.0 Å². The van der Waals surface area contributed by atoms with E-state index < -0.39 is 0 Å². The van der Waals surface area contributed by atoms with Crippen molar-refractivity contribution < 1.29 is 9.47 Å². The summed E-state index contributed by atoms with van der Waals surface area (Å²) in [6.07, 6.45) is 1.92. The standard InChI is InChI=1S/C13H16N2O2S/c1-16-8-7-15-12(9-14-13(15)18)10-3-5-11(17-2)6-4-10/h3-6,9H,7-8H2,1-2H3,(H,14,18). The lowest BCUT2D eigenvalue weighted by Gasteiger charge is -2.08. The molecule has 0 saturated carbocycles. The number of aromatic nitrogens is 2. The number of ether oxygens (including phenoxy) is 2. The summed E-state index contributed by atoms with van der Waals surface area (Å²) in [6, 6.07) is 7.90. The van der Waals surface area contributed by atoms with E-state index in [4.69, 9.17) is 21.7 Å². The Morgan fingerprint density at radius 1 is 1.22 bits per heavy atom. The fourth-order valence-electron chi connectivity index (χ4n) is 1.80. The first-order chi connectivity index (χ1) is 8.76. The molecule has 0 aliphatic rings. The molecule has 0 aliphatic carbocycles. The quantitative estimate of drug-likeness (QED) is 0.844. The van der Waals surface area contributed by atoms with Crippen molar-refractivity contribution >= 4 is 12.2 Å². The van der Waals surface area contributed by atoms with Crippen molar-refractivity contribution in [1.29, 1.82) is 0 Å². The lowest BCUT2D eigenvalue weighted by Crippen LogP contribution is -2.05. The highest BCUT2D eigenvalue weighted by Crippen LogP contribution is 2.22. The van der Waals surface area contributed by atoms with E-state index in [9.17, 15) is 0 Å². The Morgan fingerprint density at radius 2 is 1.94 bits per heavy atom. The van der Waals surface area contributed by atoms with Crippen LogP contribution in [0.4, 0.5) is 0 Å². The van der Waals surface area contributed by atoms with Crippen LogP contribution in [0.2, 0.25) is 0 Å². The van der Waals surface area contributed by atoms with Gasteiger partial charge >= 0.3 is 0 Å². The van der Waals surface area contributed by atoms with Gasteiger partial charge < -0.3 is 19.0 Å². The molecule has 0 radical (unpaired) electrons. The minimum absolute atomic E-state index is 0.634. The lowest BCUT2D eigenvalue weighted by atomic mass is 10.1. The molecule has 96 valence electrons. The molecule has 0 atom stereocenters. The van der Waals surface area contributed by atoms with Gasteiger partial charge in [0.15, 0.2) is 4.77 Å². The van der Waals surface area contributed by atoms with Crippen molar-refractivity contribution in [3.63, 3.8) is 0 Å². The highest BCUT2D eigenvalue weighted by Gasteiger charge is 2.06. The summed E-state index contributed by atoms with van der Waals surface area (Å²) in [4.78, 5) is 3.06. The van der Waals surface area contributed by atoms with Gasteiger partial charge in [0.2, 0.25) is 0 Å². The van der Waals surface area contributed by atoms with E-state index in [2.05, 4.69) is 4.98 Å². The van der Waals surface area contributed by atoms with Gasteiger partial charge in [-0.1, -0.05) is 0 Å². The molecular weight excluding hydrogens is 248 g/mol. The van der Waals surface area contributed by atoms with E-state index in [1.54, 1.807) is 14.2 Å². The van der Waals surface area contributed by atoms with Gasteiger partial charge in [-0.25, -0.2) is 0 Å². The second-order valence-electron chi connectivity index (χ2n) is 3.85. The molecule has 2 rings (SSSR count). The molecule has 1 aromatic carbocycles. The molecule has 0 unspecified atom stereocenters. The summed E-state index contributed by atoms with van der Waals surface area (Å²) >= 11 is 5.26. The molecule has 1 heterocycles. The first-order valence-corrected chi connectivity index (χ1v) is 6.08. The van der Waals surface area contributed by atoms with Crippen molar-refractivity contribution in [2.75, 3.05) is 20.8 Å². The predicted molar refractivity (Wildman–Crippen MR) is 73.5 cm³/mol. The second-order valence-corrected chi connectivity index (χ2v) is 4.24. The average Bonchev–Trinajstić information content (AvgIpc) is 2.78. The van der Waals surface area contributed by atoms with E-state index in [0.717, 1.165) is 23.6 Å². The van der Waals surface area contributed by atoms with Crippen LogP contribution in [0.1, 0.15) is 0 Å². The van der Waals surface area contributed by atoms with Crippen LogP contribution in [0.3, 0.4) is 0 Å². The number of H-pyrrole nitrogens is 1. The monoisotopic (exact) mass is 264 g/mol. The van der Waals surface area contributed by atoms with Gasteiger partial charge in [0.1, 0.15) is 5.75 Å². The zero-order chi connectivity index (χ0) is 13.0. The second kappa shape index (κ2) is 5.84. The Balaban J connectivity index is 2.34. The van der Waals surface area contributed by atoms with E-state index in [0.29, 0.717) is 11.4 Å². The van der Waals surface area contributed by atoms with Crippen molar-refractivity contribution in [1.82, 2.24) is 9.55 Å². The van der Waals surface area contributed by atoms with Crippen molar-refractivity contribution in [3.8, 4) is 17.0 Å². The van der Waals surface area contributed by atoms with Crippen LogP contribution >= 0.6 is 12.2 Å². The smallest absolute Gasteiger partial charge is 0.177 e. The third-order valence-electron chi connectivity index (χ3n) is 2.77. The van der Waals surface area contributed by atoms with Crippen LogP contribution in [0.25, 0.3) is 11.3 Å². The zero-order valence-corrected chi connectivity index (χ0v) is 11.3. The Labute approximate surface area is 111 Å². The van der Waals surface area contributed by atoms with E-state index in [-0.39, 0.29) is 0 Å². The number of rotatable bonds is 5. The largest absolute Gasteiger partial charge is 0.497 e. The maximum Gasteiger partial charge on any atom is 0.177 e. The number of methoxy groups -OCH3 is 2. The molecule has 1 N–H and O–H groups in total. The summed E-state index contributed by atoms with van der Waals surface area (Å²) in [7, 11) is 3.34.